The monoisotopic (exact) mass is 427 g/mol. The molecule has 0 aliphatic heterocycles. The quantitative estimate of drug-likeness (QED) is 0.477. The van der Waals surface area contributed by atoms with E-state index in [-0.39, 0.29) is 5.75 Å². The molecule has 0 aliphatic carbocycles. The van der Waals surface area contributed by atoms with Crippen molar-refractivity contribution in [2.75, 3.05) is 12.4 Å². The maximum Gasteiger partial charge on any atom is 0.175 e. The molecule has 0 amide bonds. The zero-order chi connectivity index (χ0) is 19.2. The number of aryl methyl sites for hydroxylation is 1. The van der Waals surface area contributed by atoms with E-state index in [0.717, 1.165) is 21.3 Å². The van der Waals surface area contributed by atoms with Gasteiger partial charge in [0.2, 0.25) is 0 Å². The number of halogens is 1. The van der Waals surface area contributed by atoms with Crippen molar-refractivity contribution in [1.82, 2.24) is 0 Å². The van der Waals surface area contributed by atoms with E-state index < -0.39 is 0 Å². The molecule has 27 heavy (non-hydrogen) atoms. The highest BCUT2D eigenvalue weighted by molar-refractivity contribution is 9.10. The van der Waals surface area contributed by atoms with Gasteiger partial charge in [-0.1, -0.05) is 29.8 Å². The van der Waals surface area contributed by atoms with Crippen LogP contribution in [0.3, 0.4) is 0 Å². The number of phenols is 1. The minimum absolute atomic E-state index is 0.250. The second-order valence-corrected chi connectivity index (χ2v) is 7.14. The Balaban J connectivity index is 1.70. The minimum Gasteiger partial charge on any atom is -0.508 e. The number of hydrogen-bond acceptors (Lipinski definition) is 4. The summed E-state index contributed by atoms with van der Waals surface area (Å²) in [6.07, 6.45) is 0. The van der Waals surface area contributed by atoms with E-state index >= 15 is 0 Å². The number of phenolic OH excluding ortho intramolecular Hbond substituents is 1. The van der Waals surface area contributed by atoms with Crippen LogP contribution in [-0.4, -0.2) is 12.2 Å². The molecular formula is C22H22BrNO3. The van der Waals surface area contributed by atoms with E-state index in [4.69, 9.17) is 9.47 Å². The van der Waals surface area contributed by atoms with Crippen LogP contribution in [0.15, 0.2) is 65.1 Å². The van der Waals surface area contributed by atoms with Gasteiger partial charge >= 0.3 is 0 Å². The summed E-state index contributed by atoms with van der Waals surface area (Å²) in [6, 6.07) is 19.2. The number of anilines is 1. The fourth-order valence-corrected chi connectivity index (χ4v) is 3.24. The summed E-state index contributed by atoms with van der Waals surface area (Å²) in [6.45, 7) is 3.16. The molecule has 5 heteroatoms. The lowest BCUT2D eigenvalue weighted by atomic mass is 10.1. The largest absolute Gasteiger partial charge is 0.508 e. The van der Waals surface area contributed by atoms with Gasteiger partial charge in [0, 0.05) is 12.2 Å². The van der Waals surface area contributed by atoms with Gasteiger partial charge in [0.15, 0.2) is 11.5 Å². The number of hydrogen-bond donors (Lipinski definition) is 2. The zero-order valence-electron chi connectivity index (χ0n) is 15.3. The van der Waals surface area contributed by atoms with Crippen LogP contribution in [0.5, 0.6) is 17.2 Å². The highest BCUT2D eigenvalue weighted by Gasteiger charge is 2.12. The topological polar surface area (TPSA) is 50.7 Å². The molecule has 0 bridgehead atoms. The smallest absolute Gasteiger partial charge is 0.175 e. The lowest BCUT2D eigenvalue weighted by Crippen LogP contribution is -2.02. The van der Waals surface area contributed by atoms with Gasteiger partial charge in [-0.15, -0.1) is 0 Å². The van der Waals surface area contributed by atoms with E-state index in [1.54, 1.807) is 19.2 Å². The molecule has 0 aromatic heterocycles. The van der Waals surface area contributed by atoms with E-state index in [9.17, 15) is 5.11 Å². The Kier molecular flexibility index (Phi) is 6.24. The summed E-state index contributed by atoms with van der Waals surface area (Å²) >= 11 is 3.59. The molecule has 3 aromatic carbocycles. The van der Waals surface area contributed by atoms with Crippen LogP contribution in [0.25, 0.3) is 0 Å². The Morgan fingerprint density at radius 3 is 2.33 bits per heavy atom. The molecule has 0 atom stereocenters. The lowest BCUT2D eigenvalue weighted by Gasteiger charge is -2.15. The first-order valence-corrected chi connectivity index (χ1v) is 9.42. The minimum atomic E-state index is 0.250. The lowest BCUT2D eigenvalue weighted by molar-refractivity contribution is 0.282. The standard InChI is InChI=1S/C22H22BrNO3/c1-15-3-5-16(6-4-15)14-27-22-20(23)11-17(12-21(22)26-2)13-24-18-7-9-19(25)10-8-18/h3-12,24-25H,13-14H2,1-2H3. The van der Waals surface area contributed by atoms with Crippen LogP contribution in [0.1, 0.15) is 16.7 Å². The van der Waals surface area contributed by atoms with Crippen molar-refractivity contribution in [1.29, 1.82) is 0 Å². The molecule has 3 aromatic rings. The highest BCUT2D eigenvalue weighted by Crippen LogP contribution is 2.37. The molecule has 0 saturated heterocycles. The molecule has 0 heterocycles. The summed E-state index contributed by atoms with van der Waals surface area (Å²) in [4.78, 5) is 0. The van der Waals surface area contributed by atoms with Gasteiger partial charge in [-0.05, 0) is 70.4 Å². The Bertz CT molecular complexity index is 893. The van der Waals surface area contributed by atoms with E-state index in [1.165, 1.54) is 5.56 Å². The van der Waals surface area contributed by atoms with Gasteiger partial charge in [-0.25, -0.2) is 0 Å². The number of aromatic hydroxyl groups is 1. The second kappa shape index (κ2) is 8.82. The van der Waals surface area contributed by atoms with Crippen LogP contribution in [-0.2, 0) is 13.2 Å². The SMILES string of the molecule is COc1cc(CNc2ccc(O)cc2)cc(Br)c1OCc1ccc(C)cc1. The third-order valence-corrected chi connectivity index (χ3v) is 4.75. The fraction of sp³-hybridized carbons (Fsp3) is 0.182. The van der Waals surface area contributed by atoms with Crippen molar-refractivity contribution in [2.24, 2.45) is 0 Å². The number of ether oxygens (including phenoxy) is 2. The van der Waals surface area contributed by atoms with Crippen molar-refractivity contribution in [2.45, 2.75) is 20.1 Å². The molecular weight excluding hydrogens is 406 g/mol. The summed E-state index contributed by atoms with van der Waals surface area (Å²) < 4.78 is 12.4. The van der Waals surface area contributed by atoms with Crippen molar-refractivity contribution >= 4 is 21.6 Å². The van der Waals surface area contributed by atoms with Crippen LogP contribution in [0, 0.1) is 6.92 Å². The third-order valence-electron chi connectivity index (χ3n) is 4.16. The third kappa shape index (κ3) is 5.17. The molecule has 4 nitrogen and oxygen atoms in total. The predicted molar refractivity (Wildman–Crippen MR) is 112 cm³/mol. The molecule has 0 aliphatic rings. The van der Waals surface area contributed by atoms with Crippen molar-refractivity contribution in [3.63, 3.8) is 0 Å². The van der Waals surface area contributed by atoms with Gasteiger partial charge in [0.1, 0.15) is 12.4 Å². The first-order valence-electron chi connectivity index (χ1n) is 8.63. The highest BCUT2D eigenvalue weighted by atomic mass is 79.9. The van der Waals surface area contributed by atoms with Crippen molar-refractivity contribution < 1.29 is 14.6 Å². The van der Waals surface area contributed by atoms with Crippen LogP contribution in [0.2, 0.25) is 0 Å². The molecule has 0 saturated carbocycles. The van der Waals surface area contributed by atoms with Gasteiger partial charge in [-0.3, -0.25) is 0 Å². The molecule has 2 N–H and O–H groups in total. The number of nitrogens with one attached hydrogen (secondary N) is 1. The van der Waals surface area contributed by atoms with E-state index in [1.807, 2.05) is 24.3 Å². The summed E-state index contributed by atoms with van der Waals surface area (Å²) in [5.74, 6) is 1.62. The first-order chi connectivity index (χ1) is 13.0. The predicted octanol–water partition coefficient (Wildman–Crippen LogP) is 5.66. The average Bonchev–Trinajstić information content (AvgIpc) is 2.67. The van der Waals surface area contributed by atoms with Crippen LogP contribution < -0.4 is 14.8 Å². The van der Waals surface area contributed by atoms with Crippen LogP contribution in [0.4, 0.5) is 5.69 Å². The second-order valence-electron chi connectivity index (χ2n) is 6.28. The first kappa shape index (κ1) is 19.1. The normalized spacial score (nSPS) is 10.5. The number of rotatable bonds is 7. The zero-order valence-corrected chi connectivity index (χ0v) is 16.9. The summed E-state index contributed by atoms with van der Waals surface area (Å²) in [5, 5.41) is 12.7. The van der Waals surface area contributed by atoms with E-state index in [2.05, 4.69) is 52.4 Å². The van der Waals surface area contributed by atoms with Gasteiger partial charge < -0.3 is 19.9 Å². The van der Waals surface area contributed by atoms with Crippen LogP contribution >= 0.6 is 15.9 Å². The summed E-state index contributed by atoms with van der Waals surface area (Å²) in [5.41, 5.74) is 4.31. The maximum absolute atomic E-state index is 9.36. The van der Waals surface area contributed by atoms with E-state index in [0.29, 0.717) is 24.7 Å². The van der Waals surface area contributed by atoms with Crippen molar-refractivity contribution in [3.05, 3.63) is 81.8 Å². The Morgan fingerprint density at radius 2 is 1.67 bits per heavy atom. The molecule has 140 valence electrons. The number of methoxy groups -OCH3 is 1. The number of benzene rings is 3. The molecule has 3 rings (SSSR count). The molecule has 0 radical (unpaired) electrons. The molecule has 0 unspecified atom stereocenters. The van der Waals surface area contributed by atoms with Gasteiger partial charge in [-0.2, -0.15) is 0 Å². The summed E-state index contributed by atoms with van der Waals surface area (Å²) in [7, 11) is 1.64. The Morgan fingerprint density at radius 1 is 0.963 bits per heavy atom. The maximum atomic E-state index is 9.36. The van der Waals surface area contributed by atoms with Crippen molar-refractivity contribution in [3.8, 4) is 17.2 Å². The fourth-order valence-electron chi connectivity index (χ4n) is 2.64. The average molecular weight is 428 g/mol. The Hall–Kier alpha value is -2.66. The van der Waals surface area contributed by atoms with Gasteiger partial charge in [0.25, 0.3) is 0 Å². The molecule has 0 fully saturated rings. The van der Waals surface area contributed by atoms with Gasteiger partial charge in [0.05, 0.1) is 11.6 Å². The Labute approximate surface area is 167 Å². The molecule has 0 spiro atoms.